The molecule has 3 amide bonds. The highest BCUT2D eigenvalue weighted by molar-refractivity contribution is 7.86. The maximum Gasteiger partial charge on any atom is 0.417 e. The van der Waals surface area contributed by atoms with Gasteiger partial charge in [-0.05, 0) is 55.3 Å². The molecule has 0 aromatic heterocycles. The molecule has 0 bridgehead atoms. The molecule has 0 saturated heterocycles. The van der Waals surface area contributed by atoms with Gasteiger partial charge in [0.1, 0.15) is 23.9 Å². The number of carbonyl (C=O) groups excluding carboxylic acids is 3. The van der Waals surface area contributed by atoms with Crippen LogP contribution in [0.5, 0.6) is 0 Å². The minimum absolute atomic E-state index is 0.0929. The van der Waals surface area contributed by atoms with Crippen molar-refractivity contribution in [3.05, 3.63) is 58.9 Å². The van der Waals surface area contributed by atoms with Crippen LogP contribution < -0.4 is 15.5 Å². The maximum atomic E-state index is 13.4. The molecule has 3 rings (SSSR count). The van der Waals surface area contributed by atoms with E-state index in [4.69, 9.17) is 11.6 Å². The van der Waals surface area contributed by atoms with Crippen LogP contribution in [0.25, 0.3) is 0 Å². The van der Waals surface area contributed by atoms with Crippen molar-refractivity contribution in [2.45, 2.75) is 37.9 Å². The Morgan fingerprint density at radius 1 is 1.00 bits per heavy atom. The van der Waals surface area contributed by atoms with Crippen LogP contribution in [0.1, 0.15) is 31.2 Å². The zero-order valence-electron chi connectivity index (χ0n) is 19.4. The summed E-state index contributed by atoms with van der Waals surface area (Å²) in [6, 6.07) is 7.50. The van der Waals surface area contributed by atoms with E-state index in [0.29, 0.717) is 6.07 Å². The SMILES string of the molecule is O=C(C[S@](=O)CC(=O)N(CC(=O)NC1CCCC1)c1ccc(Cl)c(C(F)(F)F)c1)Nc1ccc(F)cc1. The van der Waals surface area contributed by atoms with Crippen LogP contribution in [0.15, 0.2) is 42.5 Å². The normalized spacial score (nSPS) is 14.7. The predicted molar refractivity (Wildman–Crippen MR) is 132 cm³/mol. The smallest absolute Gasteiger partial charge is 0.352 e. The molecule has 1 fully saturated rings. The summed E-state index contributed by atoms with van der Waals surface area (Å²) in [4.78, 5) is 38.6. The molecule has 1 atom stereocenters. The molecular weight excluding hydrogens is 538 g/mol. The molecule has 1 aliphatic rings. The molecule has 13 heteroatoms. The number of anilines is 2. The van der Waals surface area contributed by atoms with Gasteiger partial charge in [0, 0.05) is 28.2 Å². The number of hydrogen-bond acceptors (Lipinski definition) is 4. The molecule has 200 valence electrons. The van der Waals surface area contributed by atoms with E-state index < -0.39 is 69.2 Å². The Bertz CT molecular complexity index is 1170. The number of benzene rings is 2. The van der Waals surface area contributed by atoms with Crippen LogP contribution in [0.2, 0.25) is 5.02 Å². The number of halogens is 5. The Morgan fingerprint density at radius 3 is 2.27 bits per heavy atom. The second-order valence-electron chi connectivity index (χ2n) is 8.47. The number of rotatable bonds is 9. The lowest BCUT2D eigenvalue weighted by atomic mass is 10.1. The number of hydrogen-bond donors (Lipinski definition) is 2. The van der Waals surface area contributed by atoms with Gasteiger partial charge in [0.25, 0.3) is 0 Å². The molecule has 0 radical (unpaired) electrons. The van der Waals surface area contributed by atoms with Gasteiger partial charge in [-0.3, -0.25) is 18.6 Å². The van der Waals surface area contributed by atoms with Gasteiger partial charge < -0.3 is 15.5 Å². The Balaban J connectivity index is 1.73. The molecule has 2 aromatic carbocycles. The maximum absolute atomic E-state index is 13.4. The fourth-order valence-corrected chi connectivity index (χ4v) is 4.97. The number of amides is 3. The van der Waals surface area contributed by atoms with Crippen molar-refractivity contribution in [2.75, 3.05) is 28.3 Å². The summed E-state index contributed by atoms with van der Waals surface area (Å²) in [6.07, 6.45) is -1.44. The standard InChI is InChI=1S/C24H24ClF4N3O4S/c25-20-10-9-18(11-19(20)24(27,28)29)32(12-21(33)30-16-3-1-2-4-16)23(35)14-37(36)13-22(34)31-17-7-5-15(26)6-8-17/h5-11,16H,1-4,12-14H2,(H,30,33)(H,31,34)/t37-/m0/s1. The monoisotopic (exact) mass is 561 g/mol. The third kappa shape index (κ3) is 8.53. The van der Waals surface area contributed by atoms with Gasteiger partial charge in [0.15, 0.2) is 0 Å². The van der Waals surface area contributed by atoms with E-state index >= 15 is 0 Å². The van der Waals surface area contributed by atoms with Gasteiger partial charge in [0.2, 0.25) is 17.7 Å². The van der Waals surface area contributed by atoms with E-state index in [0.717, 1.165) is 54.8 Å². The van der Waals surface area contributed by atoms with Gasteiger partial charge in [-0.2, -0.15) is 13.2 Å². The van der Waals surface area contributed by atoms with E-state index in [2.05, 4.69) is 10.6 Å². The fourth-order valence-electron chi connectivity index (χ4n) is 3.85. The Kier molecular flexibility index (Phi) is 9.66. The van der Waals surface area contributed by atoms with Gasteiger partial charge in [-0.25, -0.2) is 4.39 Å². The average Bonchev–Trinajstić information content (AvgIpc) is 3.31. The second kappa shape index (κ2) is 12.5. The van der Waals surface area contributed by atoms with Crippen molar-refractivity contribution >= 4 is 51.5 Å². The zero-order valence-corrected chi connectivity index (χ0v) is 21.0. The fraction of sp³-hybridized carbons (Fsp3) is 0.375. The molecule has 1 aliphatic carbocycles. The highest BCUT2D eigenvalue weighted by Gasteiger charge is 2.34. The molecule has 0 aliphatic heterocycles. The zero-order chi connectivity index (χ0) is 27.2. The third-order valence-corrected chi connectivity index (χ3v) is 7.08. The Hall–Kier alpha value is -2.99. The highest BCUT2D eigenvalue weighted by Crippen LogP contribution is 2.37. The van der Waals surface area contributed by atoms with Crippen molar-refractivity contribution < 1.29 is 36.2 Å². The van der Waals surface area contributed by atoms with Crippen molar-refractivity contribution in [1.82, 2.24) is 5.32 Å². The van der Waals surface area contributed by atoms with Crippen LogP contribution in [-0.2, 0) is 31.4 Å². The van der Waals surface area contributed by atoms with Crippen LogP contribution in [0, 0.1) is 5.82 Å². The molecule has 2 N–H and O–H groups in total. The molecule has 37 heavy (non-hydrogen) atoms. The topological polar surface area (TPSA) is 95.6 Å². The van der Waals surface area contributed by atoms with Gasteiger partial charge in [-0.1, -0.05) is 24.4 Å². The number of alkyl halides is 3. The van der Waals surface area contributed by atoms with E-state index in [-0.39, 0.29) is 17.4 Å². The third-order valence-electron chi connectivity index (χ3n) is 5.59. The van der Waals surface area contributed by atoms with Crippen LogP contribution in [-0.4, -0.2) is 46.0 Å². The summed E-state index contributed by atoms with van der Waals surface area (Å²) < 4.78 is 65.7. The number of nitrogens with one attached hydrogen (secondary N) is 2. The number of nitrogens with zero attached hydrogens (tertiary/aromatic N) is 1. The molecule has 0 unspecified atom stereocenters. The lowest BCUT2D eigenvalue weighted by Crippen LogP contribution is -2.45. The van der Waals surface area contributed by atoms with Crippen molar-refractivity contribution in [3.63, 3.8) is 0 Å². The average molecular weight is 562 g/mol. The highest BCUT2D eigenvalue weighted by atomic mass is 35.5. The molecule has 0 heterocycles. The number of carbonyl (C=O) groups is 3. The van der Waals surface area contributed by atoms with Gasteiger partial charge in [0.05, 0.1) is 10.6 Å². The van der Waals surface area contributed by atoms with Gasteiger partial charge >= 0.3 is 6.18 Å². The first kappa shape index (κ1) is 28.6. The first-order valence-electron chi connectivity index (χ1n) is 11.3. The Labute approximate surface area is 218 Å². The molecule has 7 nitrogen and oxygen atoms in total. The Morgan fingerprint density at radius 2 is 1.65 bits per heavy atom. The summed E-state index contributed by atoms with van der Waals surface area (Å²) in [5.41, 5.74) is -1.20. The van der Waals surface area contributed by atoms with Gasteiger partial charge in [-0.15, -0.1) is 0 Å². The largest absolute Gasteiger partial charge is 0.417 e. The van der Waals surface area contributed by atoms with Crippen molar-refractivity contribution in [1.29, 1.82) is 0 Å². The second-order valence-corrected chi connectivity index (χ2v) is 10.3. The first-order valence-corrected chi connectivity index (χ1v) is 13.2. The lowest BCUT2D eigenvalue weighted by molar-refractivity contribution is -0.137. The van der Waals surface area contributed by atoms with E-state index in [1.54, 1.807) is 0 Å². The van der Waals surface area contributed by atoms with E-state index in [1.807, 2.05) is 0 Å². The summed E-state index contributed by atoms with van der Waals surface area (Å²) in [5, 5.41) is 4.59. The molecule has 2 aromatic rings. The summed E-state index contributed by atoms with van der Waals surface area (Å²) in [7, 11) is -2.06. The van der Waals surface area contributed by atoms with E-state index in [9.17, 15) is 36.2 Å². The van der Waals surface area contributed by atoms with Crippen molar-refractivity contribution in [3.8, 4) is 0 Å². The summed E-state index contributed by atoms with van der Waals surface area (Å²) in [6.45, 7) is -0.604. The lowest BCUT2D eigenvalue weighted by Gasteiger charge is -2.24. The van der Waals surface area contributed by atoms with Crippen LogP contribution in [0.3, 0.4) is 0 Å². The molecule has 1 saturated carbocycles. The van der Waals surface area contributed by atoms with E-state index in [1.165, 1.54) is 12.1 Å². The minimum Gasteiger partial charge on any atom is -0.352 e. The first-order chi connectivity index (χ1) is 17.4. The molecular formula is C24H24ClF4N3O4S. The van der Waals surface area contributed by atoms with Crippen molar-refractivity contribution in [2.24, 2.45) is 0 Å². The van der Waals surface area contributed by atoms with Crippen LogP contribution in [0.4, 0.5) is 28.9 Å². The van der Waals surface area contributed by atoms with Crippen LogP contribution >= 0.6 is 11.6 Å². The quantitative estimate of drug-likeness (QED) is 0.447. The predicted octanol–water partition coefficient (Wildman–Crippen LogP) is 4.28. The minimum atomic E-state index is -4.81. The molecule has 0 spiro atoms. The summed E-state index contributed by atoms with van der Waals surface area (Å²) >= 11 is 5.68. The summed E-state index contributed by atoms with van der Waals surface area (Å²) in [5.74, 6) is -4.04.